The number of hydrogen-bond acceptors (Lipinski definition) is 4. The number of benzene rings is 3. The molecule has 1 fully saturated rings. The minimum absolute atomic E-state index is 0.0150. The summed E-state index contributed by atoms with van der Waals surface area (Å²) in [6.07, 6.45) is 4.12. The molecule has 0 aromatic heterocycles. The molecule has 4 rings (SSSR count). The first-order valence-corrected chi connectivity index (χ1v) is 16.5. The summed E-state index contributed by atoms with van der Waals surface area (Å²) >= 11 is 19.4. The van der Waals surface area contributed by atoms with Crippen LogP contribution in [0.5, 0.6) is 0 Å². The van der Waals surface area contributed by atoms with Crippen LogP contribution in [0.1, 0.15) is 50.2 Å². The third-order valence-corrected chi connectivity index (χ3v) is 10.4. The lowest BCUT2D eigenvalue weighted by Crippen LogP contribution is -2.53. The Morgan fingerprint density at radius 3 is 2.17 bits per heavy atom. The minimum atomic E-state index is -4.20. The maximum Gasteiger partial charge on any atom is 0.264 e. The molecule has 0 radical (unpaired) electrons. The normalized spacial score (nSPS) is 14.4. The van der Waals surface area contributed by atoms with Crippen molar-refractivity contribution in [3.8, 4) is 0 Å². The number of sulfonamides is 1. The van der Waals surface area contributed by atoms with Crippen LogP contribution in [0.15, 0.2) is 71.6 Å². The van der Waals surface area contributed by atoms with Gasteiger partial charge in [0.2, 0.25) is 11.8 Å². The Hall–Kier alpha value is -2.78. The number of nitrogens with zero attached hydrogens (tertiary/aromatic N) is 2. The Kier molecular flexibility index (Phi) is 10.8. The summed E-state index contributed by atoms with van der Waals surface area (Å²) in [5, 5.41) is 4.12. The number of carbonyl (C=O) groups is 2. The summed E-state index contributed by atoms with van der Waals surface area (Å²) in [4.78, 5) is 29.2. The van der Waals surface area contributed by atoms with Gasteiger partial charge in [0.15, 0.2) is 0 Å². The van der Waals surface area contributed by atoms with E-state index in [0.29, 0.717) is 27.1 Å². The molecule has 2 amide bonds. The summed E-state index contributed by atoms with van der Waals surface area (Å²) in [7, 11) is -4.20. The molecule has 0 bridgehead atoms. The molecule has 1 saturated carbocycles. The molecule has 11 heteroatoms. The second-order valence-electron chi connectivity index (χ2n) is 10.4. The zero-order valence-corrected chi connectivity index (χ0v) is 26.6. The van der Waals surface area contributed by atoms with Gasteiger partial charge in [0, 0.05) is 33.2 Å². The van der Waals surface area contributed by atoms with Gasteiger partial charge in [-0.25, -0.2) is 8.42 Å². The molecule has 42 heavy (non-hydrogen) atoms. The smallest absolute Gasteiger partial charge is 0.264 e. The number of aryl methyl sites for hydroxylation is 1. The Labute approximate surface area is 262 Å². The van der Waals surface area contributed by atoms with Crippen LogP contribution in [0.3, 0.4) is 0 Å². The van der Waals surface area contributed by atoms with Crippen LogP contribution >= 0.6 is 34.8 Å². The molecule has 7 nitrogen and oxygen atoms in total. The molecule has 0 heterocycles. The maximum atomic E-state index is 14.2. The average Bonchev–Trinajstić information content (AvgIpc) is 3.48. The third-order valence-electron chi connectivity index (χ3n) is 7.53. The second-order valence-corrected chi connectivity index (χ2v) is 13.5. The lowest BCUT2D eigenvalue weighted by molar-refractivity contribution is -0.140. The van der Waals surface area contributed by atoms with Crippen molar-refractivity contribution >= 4 is 62.3 Å². The molecule has 1 aliphatic rings. The Bertz CT molecular complexity index is 1510. The topological polar surface area (TPSA) is 86.8 Å². The Morgan fingerprint density at radius 1 is 0.929 bits per heavy atom. The molecule has 1 atom stereocenters. The average molecular weight is 651 g/mol. The van der Waals surface area contributed by atoms with Gasteiger partial charge in [-0.3, -0.25) is 13.9 Å². The van der Waals surface area contributed by atoms with E-state index in [1.807, 2.05) is 6.92 Å². The second kappa shape index (κ2) is 14.1. The van der Waals surface area contributed by atoms with Crippen LogP contribution in [0, 0.1) is 6.92 Å². The molecular weight excluding hydrogens is 617 g/mol. The van der Waals surface area contributed by atoms with E-state index in [2.05, 4.69) is 5.32 Å². The summed E-state index contributed by atoms with van der Waals surface area (Å²) in [5.74, 6) is -0.882. The molecule has 0 unspecified atom stereocenters. The summed E-state index contributed by atoms with van der Waals surface area (Å²) < 4.78 is 28.9. The van der Waals surface area contributed by atoms with Crippen LogP contribution in [-0.2, 0) is 26.2 Å². The van der Waals surface area contributed by atoms with E-state index >= 15 is 0 Å². The van der Waals surface area contributed by atoms with E-state index in [0.717, 1.165) is 35.6 Å². The number of nitrogens with one attached hydrogen (secondary N) is 1. The molecule has 0 spiro atoms. The standard InChI is InChI=1S/C31H34Cl3N3O4S/c1-3-29(31(39)35-22-10-7-8-11-22)36(19-25-26(32)14-9-15-27(25)33)30(38)20-37(23-17-16-21(2)28(34)18-23)42(40,41)24-12-5-4-6-13-24/h4-6,9,12-18,22,29H,3,7-8,10-11,19-20H2,1-2H3,(H,35,39)/t29-/m1/s1. The number of carbonyl (C=O) groups excluding carboxylic acids is 2. The first-order valence-electron chi connectivity index (χ1n) is 13.9. The quantitative estimate of drug-likeness (QED) is 0.242. The summed E-state index contributed by atoms with van der Waals surface area (Å²) in [6.45, 7) is 2.95. The van der Waals surface area contributed by atoms with E-state index in [9.17, 15) is 18.0 Å². The summed E-state index contributed by atoms with van der Waals surface area (Å²) in [6, 6.07) is 16.9. The van der Waals surface area contributed by atoms with Crippen LogP contribution < -0.4 is 9.62 Å². The van der Waals surface area contributed by atoms with Gasteiger partial charge in [-0.2, -0.15) is 0 Å². The van der Waals surface area contributed by atoms with Crippen LogP contribution in [0.4, 0.5) is 5.69 Å². The van der Waals surface area contributed by atoms with Crippen molar-refractivity contribution in [1.82, 2.24) is 10.2 Å². The van der Waals surface area contributed by atoms with Gasteiger partial charge in [-0.15, -0.1) is 0 Å². The van der Waals surface area contributed by atoms with E-state index < -0.39 is 28.5 Å². The maximum absolute atomic E-state index is 14.2. The van der Waals surface area contributed by atoms with Gasteiger partial charge in [0.1, 0.15) is 12.6 Å². The van der Waals surface area contributed by atoms with Gasteiger partial charge in [0.25, 0.3) is 10.0 Å². The molecule has 1 N–H and O–H groups in total. The minimum Gasteiger partial charge on any atom is -0.352 e. The lowest BCUT2D eigenvalue weighted by atomic mass is 10.1. The molecule has 3 aromatic rings. The van der Waals surface area contributed by atoms with Gasteiger partial charge in [-0.1, -0.05) is 84.9 Å². The lowest BCUT2D eigenvalue weighted by Gasteiger charge is -2.34. The summed E-state index contributed by atoms with van der Waals surface area (Å²) in [5.41, 5.74) is 1.45. The van der Waals surface area contributed by atoms with Gasteiger partial charge < -0.3 is 10.2 Å². The zero-order valence-electron chi connectivity index (χ0n) is 23.5. The van der Waals surface area contributed by atoms with Crippen molar-refractivity contribution in [1.29, 1.82) is 0 Å². The zero-order chi connectivity index (χ0) is 30.4. The molecule has 1 aliphatic carbocycles. The van der Waals surface area contributed by atoms with E-state index in [1.165, 1.54) is 23.1 Å². The van der Waals surface area contributed by atoms with Gasteiger partial charge >= 0.3 is 0 Å². The molecule has 0 aliphatic heterocycles. The Balaban J connectivity index is 1.76. The number of rotatable bonds is 11. The molecular formula is C31H34Cl3N3O4S. The first-order chi connectivity index (χ1) is 20.0. The first kappa shape index (κ1) is 32.1. The number of halogens is 3. The largest absolute Gasteiger partial charge is 0.352 e. The predicted octanol–water partition coefficient (Wildman–Crippen LogP) is 7.02. The van der Waals surface area contributed by atoms with Gasteiger partial charge in [-0.05, 0) is 68.1 Å². The molecule has 224 valence electrons. The monoisotopic (exact) mass is 649 g/mol. The fraction of sp³-hybridized carbons (Fsp3) is 0.355. The number of amides is 2. The fourth-order valence-electron chi connectivity index (χ4n) is 5.13. The highest BCUT2D eigenvalue weighted by Gasteiger charge is 2.35. The van der Waals surface area contributed by atoms with E-state index in [1.54, 1.807) is 55.5 Å². The van der Waals surface area contributed by atoms with Crippen molar-refractivity contribution in [2.45, 2.75) is 69.5 Å². The highest BCUT2D eigenvalue weighted by Crippen LogP contribution is 2.30. The third kappa shape index (κ3) is 7.40. The van der Waals surface area contributed by atoms with Crippen molar-refractivity contribution in [3.05, 3.63) is 92.9 Å². The molecule has 0 saturated heterocycles. The van der Waals surface area contributed by atoms with Crippen LogP contribution in [0.2, 0.25) is 15.1 Å². The van der Waals surface area contributed by atoms with Crippen molar-refractivity contribution < 1.29 is 18.0 Å². The molecule has 3 aromatic carbocycles. The van der Waals surface area contributed by atoms with Crippen LogP contribution in [-0.4, -0.2) is 43.8 Å². The van der Waals surface area contributed by atoms with Crippen molar-refractivity contribution in [2.75, 3.05) is 10.8 Å². The SMILES string of the molecule is CC[C@H](C(=O)NC1CCCC1)N(Cc1c(Cl)cccc1Cl)C(=O)CN(c1ccc(C)c(Cl)c1)S(=O)(=O)c1ccccc1. The highest BCUT2D eigenvalue weighted by atomic mass is 35.5. The van der Waals surface area contributed by atoms with Crippen LogP contribution in [0.25, 0.3) is 0 Å². The number of anilines is 1. The van der Waals surface area contributed by atoms with E-state index in [-0.39, 0.29) is 29.1 Å². The fourth-order valence-corrected chi connectivity index (χ4v) is 7.24. The van der Waals surface area contributed by atoms with Crippen molar-refractivity contribution in [2.24, 2.45) is 0 Å². The highest BCUT2D eigenvalue weighted by molar-refractivity contribution is 7.92. The Morgan fingerprint density at radius 2 is 1.57 bits per heavy atom. The van der Waals surface area contributed by atoms with Gasteiger partial charge in [0.05, 0.1) is 10.6 Å². The predicted molar refractivity (Wildman–Crippen MR) is 169 cm³/mol. The number of hydrogen-bond donors (Lipinski definition) is 1. The van der Waals surface area contributed by atoms with E-state index in [4.69, 9.17) is 34.8 Å². The van der Waals surface area contributed by atoms with Crippen molar-refractivity contribution in [3.63, 3.8) is 0 Å².